The van der Waals surface area contributed by atoms with Crippen LogP contribution in [0, 0.1) is 12.8 Å². The lowest BCUT2D eigenvalue weighted by molar-refractivity contribution is -0.123. The van der Waals surface area contributed by atoms with Gasteiger partial charge in [0, 0.05) is 32.1 Å². The molecule has 4 rings (SSSR count). The van der Waals surface area contributed by atoms with Crippen molar-refractivity contribution in [2.75, 3.05) is 45.2 Å². The third-order valence-electron chi connectivity index (χ3n) is 6.09. The molecular weight excluding hydrogens is 492 g/mol. The number of halogens is 1. The van der Waals surface area contributed by atoms with Gasteiger partial charge in [-0.1, -0.05) is 46.7 Å². The molecule has 0 radical (unpaired) electrons. The topological polar surface area (TPSA) is 73.8 Å². The number of piperidine rings is 1. The number of carbonyl (C=O) groups is 1. The number of anilines is 1. The van der Waals surface area contributed by atoms with Crippen molar-refractivity contribution < 1.29 is 13.2 Å². The third kappa shape index (κ3) is 5.28. The van der Waals surface area contributed by atoms with Gasteiger partial charge in [-0.3, -0.25) is 9.69 Å². The minimum Gasteiger partial charge on any atom is -0.308 e. The number of likely N-dealkylation sites (N-methyl/N-ethyl adjacent to an activating group) is 1. The molecule has 0 N–H and O–H groups in total. The number of rotatable bonds is 7. The number of fused-ring (bicyclic) bond motifs is 1. The van der Waals surface area contributed by atoms with E-state index >= 15 is 0 Å². The Morgan fingerprint density at radius 2 is 1.79 bits per heavy atom. The van der Waals surface area contributed by atoms with Gasteiger partial charge >= 0.3 is 0 Å². The first-order valence-electron chi connectivity index (χ1n) is 11.2. The number of thiazole rings is 1. The highest BCUT2D eigenvalue weighted by Gasteiger charge is 2.35. The molecule has 1 amide bonds. The molecular formula is C24H29ClN4O3S2. The van der Waals surface area contributed by atoms with E-state index < -0.39 is 10.0 Å². The van der Waals surface area contributed by atoms with E-state index in [2.05, 4.69) is 4.98 Å². The number of nitrogens with zero attached hydrogens (tertiary/aromatic N) is 4. The Morgan fingerprint density at radius 1 is 1.12 bits per heavy atom. The van der Waals surface area contributed by atoms with Crippen molar-refractivity contribution in [2.24, 2.45) is 5.92 Å². The molecule has 10 heteroatoms. The standard InChI is InChI=1S/C24H29ClN4O3S2/c1-17-7-9-19(10-8-17)34(31,32)28-13-11-18(12-14-28)23(30)29(16-15-27(2)3)24-26-22-20(25)5-4-6-21(22)33-24/h4-10,18H,11-16H2,1-3H3. The normalized spacial score (nSPS) is 15.8. The smallest absolute Gasteiger partial charge is 0.243 e. The number of carbonyl (C=O) groups excluding carboxylic acids is 1. The van der Waals surface area contributed by atoms with E-state index in [-0.39, 0.29) is 11.8 Å². The summed E-state index contributed by atoms with van der Waals surface area (Å²) in [5.74, 6) is -0.265. The third-order valence-corrected chi connectivity index (χ3v) is 9.35. The lowest BCUT2D eigenvalue weighted by Crippen LogP contribution is -2.46. The van der Waals surface area contributed by atoms with Gasteiger partial charge in [-0.05, 0) is 58.1 Å². The molecule has 3 aromatic rings. The summed E-state index contributed by atoms with van der Waals surface area (Å²) in [5.41, 5.74) is 1.71. The number of benzene rings is 2. The van der Waals surface area contributed by atoms with Crippen molar-refractivity contribution in [3.05, 3.63) is 53.1 Å². The van der Waals surface area contributed by atoms with Crippen LogP contribution in [-0.4, -0.2) is 68.8 Å². The van der Waals surface area contributed by atoms with Crippen molar-refractivity contribution >= 4 is 54.2 Å². The van der Waals surface area contributed by atoms with Crippen LogP contribution in [-0.2, 0) is 14.8 Å². The molecule has 1 aliphatic heterocycles. The molecule has 1 saturated heterocycles. The maximum absolute atomic E-state index is 13.6. The molecule has 7 nitrogen and oxygen atoms in total. The van der Waals surface area contributed by atoms with Gasteiger partial charge in [0.15, 0.2) is 5.13 Å². The Balaban J connectivity index is 1.51. The van der Waals surface area contributed by atoms with Gasteiger partial charge in [0.25, 0.3) is 0 Å². The Morgan fingerprint density at radius 3 is 2.41 bits per heavy atom. The summed E-state index contributed by atoms with van der Waals surface area (Å²) < 4.78 is 28.5. The zero-order valence-corrected chi connectivity index (χ0v) is 22.0. The molecule has 1 fully saturated rings. The highest BCUT2D eigenvalue weighted by molar-refractivity contribution is 7.89. The van der Waals surface area contributed by atoms with Gasteiger partial charge in [0.2, 0.25) is 15.9 Å². The maximum Gasteiger partial charge on any atom is 0.243 e. The molecule has 2 aromatic carbocycles. The number of aryl methyl sites for hydroxylation is 1. The lowest BCUT2D eigenvalue weighted by Gasteiger charge is -2.33. The molecule has 0 bridgehead atoms. The molecule has 1 aliphatic rings. The van der Waals surface area contributed by atoms with E-state index in [9.17, 15) is 13.2 Å². The second-order valence-electron chi connectivity index (χ2n) is 8.87. The van der Waals surface area contributed by atoms with Crippen LogP contribution in [0.5, 0.6) is 0 Å². The Bertz CT molecular complexity index is 1270. The van der Waals surface area contributed by atoms with Crippen molar-refractivity contribution in [1.82, 2.24) is 14.2 Å². The summed E-state index contributed by atoms with van der Waals surface area (Å²) >= 11 is 7.77. The average molecular weight is 521 g/mol. The number of hydrogen-bond donors (Lipinski definition) is 0. The van der Waals surface area contributed by atoms with Crippen LogP contribution in [0.25, 0.3) is 10.2 Å². The van der Waals surface area contributed by atoms with Crippen molar-refractivity contribution in [3.8, 4) is 0 Å². The van der Waals surface area contributed by atoms with Crippen molar-refractivity contribution in [2.45, 2.75) is 24.7 Å². The molecule has 34 heavy (non-hydrogen) atoms. The summed E-state index contributed by atoms with van der Waals surface area (Å²) in [6.45, 7) is 3.76. The lowest BCUT2D eigenvalue weighted by atomic mass is 9.96. The predicted octanol–water partition coefficient (Wildman–Crippen LogP) is 4.25. The number of sulfonamides is 1. The number of aromatic nitrogens is 1. The fourth-order valence-electron chi connectivity index (χ4n) is 4.04. The molecule has 0 aliphatic carbocycles. The van der Waals surface area contributed by atoms with Gasteiger partial charge in [0.05, 0.1) is 14.6 Å². The minimum atomic E-state index is -3.57. The van der Waals surface area contributed by atoms with Crippen molar-refractivity contribution in [3.63, 3.8) is 0 Å². The zero-order chi connectivity index (χ0) is 24.5. The van der Waals surface area contributed by atoms with E-state index in [1.807, 2.05) is 38.1 Å². The second kappa shape index (κ2) is 10.3. The molecule has 1 aromatic heterocycles. The summed E-state index contributed by atoms with van der Waals surface area (Å²) in [4.78, 5) is 22.3. The largest absolute Gasteiger partial charge is 0.308 e. The average Bonchev–Trinajstić information content (AvgIpc) is 3.24. The molecule has 0 atom stereocenters. The Kier molecular flexibility index (Phi) is 7.59. The highest BCUT2D eigenvalue weighted by Crippen LogP contribution is 2.34. The molecule has 182 valence electrons. The fraction of sp³-hybridized carbons (Fsp3) is 0.417. The van der Waals surface area contributed by atoms with Crippen LogP contribution < -0.4 is 4.90 Å². The molecule has 0 saturated carbocycles. The molecule has 2 heterocycles. The fourth-order valence-corrected chi connectivity index (χ4v) is 6.81. The van der Waals surface area contributed by atoms with E-state index in [4.69, 9.17) is 11.6 Å². The van der Waals surface area contributed by atoms with E-state index in [1.165, 1.54) is 15.6 Å². The van der Waals surface area contributed by atoms with E-state index in [0.29, 0.717) is 59.6 Å². The molecule has 0 spiro atoms. The second-order valence-corrected chi connectivity index (χ2v) is 12.2. The van der Waals surface area contributed by atoms with E-state index in [1.54, 1.807) is 35.2 Å². The number of para-hydroxylation sites is 1. The van der Waals surface area contributed by atoms with Gasteiger partial charge in [-0.2, -0.15) is 4.31 Å². The Hall–Kier alpha value is -2.04. The number of amides is 1. The van der Waals surface area contributed by atoms with Crippen LogP contribution in [0.4, 0.5) is 5.13 Å². The van der Waals surface area contributed by atoms with Crippen LogP contribution in [0.1, 0.15) is 18.4 Å². The quantitative estimate of drug-likeness (QED) is 0.465. The first-order chi connectivity index (χ1) is 16.2. The van der Waals surface area contributed by atoms with Crippen molar-refractivity contribution in [1.29, 1.82) is 0 Å². The Labute approximate surface area is 210 Å². The summed E-state index contributed by atoms with van der Waals surface area (Å²) in [5, 5.41) is 1.19. The van der Waals surface area contributed by atoms with Crippen LogP contribution in [0.15, 0.2) is 47.4 Å². The predicted molar refractivity (Wildman–Crippen MR) is 138 cm³/mol. The maximum atomic E-state index is 13.6. The zero-order valence-electron chi connectivity index (χ0n) is 19.6. The van der Waals surface area contributed by atoms with Gasteiger partial charge in [-0.25, -0.2) is 13.4 Å². The summed E-state index contributed by atoms with van der Waals surface area (Å²) in [7, 11) is 0.362. The first-order valence-corrected chi connectivity index (χ1v) is 13.9. The van der Waals surface area contributed by atoms with Gasteiger partial charge in [0.1, 0.15) is 5.52 Å². The minimum absolute atomic E-state index is 0.00980. The number of hydrogen-bond acceptors (Lipinski definition) is 6. The van der Waals surface area contributed by atoms with E-state index in [0.717, 1.165) is 10.3 Å². The highest BCUT2D eigenvalue weighted by atomic mass is 35.5. The van der Waals surface area contributed by atoms with Gasteiger partial charge in [-0.15, -0.1) is 0 Å². The van der Waals surface area contributed by atoms with Gasteiger partial charge < -0.3 is 4.90 Å². The van der Waals surface area contributed by atoms with Crippen LogP contribution >= 0.6 is 22.9 Å². The molecule has 0 unspecified atom stereocenters. The summed E-state index contributed by atoms with van der Waals surface area (Å²) in [6, 6.07) is 12.5. The monoisotopic (exact) mass is 520 g/mol. The SMILES string of the molecule is Cc1ccc(S(=O)(=O)N2CCC(C(=O)N(CCN(C)C)c3nc4c(Cl)cccc4s3)CC2)cc1. The summed E-state index contributed by atoms with van der Waals surface area (Å²) in [6.07, 6.45) is 0.960. The van der Waals surface area contributed by atoms with Crippen LogP contribution in [0.3, 0.4) is 0 Å². The first kappa shape index (κ1) is 25.1. The van der Waals surface area contributed by atoms with Crippen LogP contribution in [0.2, 0.25) is 5.02 Å².